The number of anilines is 1. The molecule has 0 aliphatic heterocycles. The van der Waals surface area contributed by atoms with Gasteiger partial charge in [0, 0.05) is 10.4 Å². The maximum Gasteiger partial charge on any atom is 0.341 e. The summed E-state index contributed by atoms with van der Waals surface area (Å²) in [5.74, 6) is -0.747. The van der Waals surface area contributed by atoms with Gasteiger partial charge in [0.05, 0.1) is 4.88 Å². The second-order valence-corrected chi connectivity index (χ2v) is 6.35. The summed E-state index contributed by atoms with van der Waals surface area (Å²) in [7, 11) is 0. The molecule has 0 aliphatic carbocycles. The van der Waals surface area contributed by atoms with E-state index in [-0.39, 0.29) is 5.91 Å². The number of carbonyl (C=O) groups excluding carboxylic acids is 1. The normalized spacial score (nSPS) is 10.5. The quantitative estimate of drug-likeness (QED) is 0.737. The Labute approximate surface area is 142 Å². The fraction of sp³-hybridized carbons (Fsp3) is 0.111. The average Bonchev–Trinajstić information content (AvgIpc) is 2.99. The Bertz CT molecular complexity index is 883. The van der Waals surface area contributed by atoms with Crippen LogP contribution in [0.15, 0.2) is 48.5 Å². The van der Waals surface area contributed by atoms with Gasteiger partial charge in [0.25, 0.3) is 5.91 Å². The third-order valence-corrected chi connectivity index (χ3v) is 4.57. The Morgan fingerprint density at radius 3 is 2.67 bits per heavy atom. The van der Waals surface area contributed by atoms with Crippen LogP contribution in [0.2, 0.25) is 0 Å². The topological polar surface area (TPSA) is 75.6 Å². The molecule has 3 aromatic rings. The van der Waals surface area contributed by atoms with Crippen molar-refractivity contribution in [1.82, 2.24) is 0 Å². The largest absolute Gasteiger partial charge is 0.482 e. The highest BCUT2D eigenvalue weighted by Gasteiger charge is 2.12. The molecule has 2 aromatic carbocycles. The minimum Gasteiger partial charge on any atom is -0.482 e. The van der Waals surface area contributed by atoms with Gasteiger partial charge in [-0.05, 0) is 48.2 Å². The molecule has 0 radical (unpaired) electrons. The highest BCUT2D eigenvalue weighted by molar-refractivity contribution is 7.20. The van der Waals surface area contributed by atoms with Crippen molar-refractivity contribution in [2.45, 2.75) is 6.92 Å². The van der Waals surface area contributed by atoms with E-state index in [1.54, 1.807) is 18.2 Å². The first-order valence-corrected chi connectivity index (χ1v) is 8.10. The van der Waals surface area contributed by atoms with E-state index in [1.807, 2.05) is 37.3 Å². The van der Waals surface area contributed by atoms with Crippen molar-refractivity contribution in [1.29, 1.82) is 0 Å². The molecule has 0 saturated carbocycles. The van der Waals surface area contributed by atoms with Gasteiger partial charge in [0.1, 0.15) is 5.75 Å². The van der Waals surface area contributed by atoms with Gasteiger partial charge in [0.2, 0.25) is 0 Å². The molecule has 0 unspecified atom stereocenters. The number of amides is 1. The molecular formula is C18H15NO4S. The lowest BCUT2D eigenvalue weighted by atomic mass is 10.2. The summed E-state index contributed by atoms with van der Waals surface area (Å²) in [5, 5.41) is 12.5. The molecule has 1 aromatic heterocycles. The second kappa shape index (κ2) is 6.72. The van der Waals surface area contributed by atoms with Crippen LogP contribution in [0, 0.1) is 6.92 Å². The Morgan fingerprint density at radius 2 is 1.96 bits per heavy atom. The summed E-state index contributed by atoms with van der Waals surface area (Å²) in [6.45, 7) is 1.43. The fourth-order valence-corrected chi connectivity index (χ4v) is 3.25. The minimum atomic E-state index is -1.03. The van der Waals surface area contributed by atoms with Gasteiger partial charge >= 0.3 is 5.97 Å². The lowest BCUT2D eigenvalue weighted by Gasteiger charge is -2.10. The maximum absolute atomic E-state index is 12.4. The van der Waals surface area contributed by atoms with Crippen LogP contribution in [0.25, 0.3) is 10.1 Å². The Hall–Kier alpha value is -2.86. The predicted octanol–water partition coefficient (Wildman–Crippen LogP) is 3.93. The lowest BCUT2D eigenvalue weighted by molar-refractivity contribution is -0.139. The molecule has 0 spiro atoms. The molecule has 1 heterocycles. The average molecular weight is 341 g/mol. The standard InChI is InChI=1S/C18H15NO4S/c1-11-8-13(23-10-17(20)21)6-7-14(11)19-18(22)16-9-12-4-2-3-5-15(12)24-16/h2-9H,10H2,1H3,(H,19,22)(H,20,21). The van der Waals surface area contributed by atoms with E-state index in [0.29, 0.717) is 16.3 Å². The summed E-state index contributed by atoms with van der Waals surface area (Å²) in [6, 6.07) is 14.8. The fourth-order valence-electron chi connectivity index (χ4n) is 2.29. The van der Waals surface area contributed by atoms with E-state index in [9.17, 15) is 9.59 Å². The summed E-state index contributed by atoms with van der Waals surface area (Å²) in [6.07, 6.45) is 0. The summed E-state index contributed by atoms with van der Waals surface area (Å²) in [5.41, 5.74) is 1.47. The van der Waals surface area contributed by atoms with Gasteiger partial charge in [0.15, 0.2) is 6.61 Å². The van der Waals surface area contributed by atoms with Crippen LogP contribution in [0.4, 0.5) is 5.69 Å². The van der Waals surface area contributed by atoms with Crippen molar-refractivity contribution in [3.63, 3.8) is 0 Å². The number of rotatable bonds is 5. The molecule has 122 valence electrons. The molecule has 3 rings (SSSR count). The zero-order valence-electron chi connectivity index (χ0n) is 12.9. The number of aryl methyl sites for hydroxylation is 1. The van der Waals surface area contributed by atoms with Gasteiger partial charge in [-0.1, -0.05) is 18.2 Å². The van der Waals surface area contributed by atoms with Crippen molar-refractivity contribution in [3.8, 4) is 5.75 Å². The van der Waals surface area contributed by atoms with Crippen LogP contribution < -0.4 is 10.1 Å². The van der Waals surface area contributed by atoms with Gasteiger partial charge < -0.3 is 15.2 Å². The molecular weight excluding hydrogens is 326 g/mol. The Morgan fingerprint density at radius 1 is 1.17 bits per heavy atom. The molecule has 0 saturated heterocycles. The number of carbonyl (C=O) groups is 2. The molecule has 0 atom stereocenters. The predicted molar refractivity (Wildman–Crippen MR) is 94.1 cm³/mol. The molecule has 0 bridgehead atoms. The highest BCUT2D eigenvalue weighted by atomic mass is 32.1. The van der Waals surface area contributed by atoms with E-state index in [0.717, 1.165) is 15.6 Å². The number of ether oxygens (including phenoxy) is 1. The number of aliphatic carboxylic acids is 1. The van der Waals surface area contributed by atoms with Crippen LogP contribution in [0.1, 0.15) is 15.2 Å². The zero-order valence-corrected chi connectivity index (χ0v) is 13.7. The van der Waals surface area contributed by atoms with Gasteiger partial charge in [-0.25, -0.2) is 4.79 Å². The Balaban J connectivity index is 1.75. The van der Waals surface area contributed by atoms with Gasteiger partial charge in [-0.3, -0.25) is 4.79 Å². The van der Waals surface area contributed by atoms with E-state index >= 15 is 0 Å². The van der Waals surface area contributed by atoms with E-state index in [2.05, 4.69) is 5.32 Å². The first kappa shape index (κ1) is 16.0. The molecule has 2 N–H and O–H groups in total. The van der Waals surface area contributed by atoms with E-state index in [4.69, 9.17) is 9.84 Å². The van der Waals surface area contributed by atoms with Crippen molar-refractivity contribution < 1.29 is 19.4 Å². The van der Waals surface area contributed by atoms with E-state index in [1.165, 1.54) is 11.3 Å². The number of carboxylic acid groups (broad SMARTS) is 1. The highest BCUT2D eigenvalue weighted by Crippen LogP contribution is 2.27. The number of nitrogens with one attached hydrogen (secondary N) is 1. The number of hydrogen-bond donors (Lipinski definition) is 2. The zero-order chi connectivity index (χ0) is 17.1. The summed E-state index contributed by atoms with van der Waals surface area (Å²) in [4.78, 5) is 23.6. The number of benzene rings is 2. The van der Waals surface area contributed by atoms with Gasteiger partial charge in [-0.15, -0.1) is 11.3 Å². The maximum atomic E-state index is 12.4. The summed E-state index contributed by atoms with van der Waals surface area (Å²) < 4.78 is 6.19. The number of fused-ring (bicyclic) bond motifs is 1. The first-order chi connectivity index (χ1) is 11.5. The van der Waals surface area contributed by atoms with Crippen LogP contribution in [0.3, 0.4) is 0 Å². The van der Waals surface area contributed by atoms with E-state index < -0.39 is 12.6 Å². The first-order valence-electron chi connectivity index (χ1n) is 7.28. The smallest absolute Gasteiger partial charge is 0.341 e. The molecule has 0 fully saturated rings. The van der Waals surface area contributed by atoms with Crippen LogP contribution in [-0.4, -0.2) is 23.6 Å². The number of carboxylic acids is 1. The number of hydrogen-bond acceptors (Lipinski definition) is 4. The monoisotopic (exact) mass is 341 g/mol. The Kier molecular flexibility index (Phi) is 4.48. The van der Waals surface area contributed by atoms with Crippen LogP contribution in [0.5, 0.6) is 5.75 Å². The third kappa shape index (κ3) is 3.55. The molecule has 6 heteroatoms. The molecule has 0 aliphatic rings. The molecule has 24 heavy (non-hydrogen) atoms. The van der Waals surface area contributed by atoms with Crippen molar-refractivity contribution >= 4 is 39.0 Å². The molecule has 1 amide bonds. The van der Waals surface area contributed by atoms with Crippen LogP contribution in [-0.2, 0) is 4.79 Å². The summed E-state index contributed by atoms with van der Waals surface area (Å²) >= 11 is 1.44. The number of thiophene rings is 1. The minimum absolute atomic E-state index is 0.168. The lowest BCUT2D eigenvalue weighted by Crippen LogP contribution is -2.12. The van der Waals surface area contributed by atoms with Gasteiger partial charge in [-0.2, -0.15) is 0 Å². The third-order valence-electron chi connectivity index (χ3n) is 3.46. The van der Waals surface area contributed by atoms with Crippen molar-refractivity contribution in [3.05, 3.63) is 59.0 Å². The van der Waals surface area contributed by atoms with Crippen molar-refractivity contribution in [2.75, 3.05) is 11.9 Å². The SMILES string of the molecule is Cc1cc(OCC(=O)O)ccc1NC(=O)c1cc2ccccc2s1. The van der Waals surface area contributed by atoms with Crippen molar-refractivity contribution in [2.24, 2.45) is 0 Å². The molecule has 5 nitrogen and oxygen atoms in total. The second-order valence-electron chi connectivity index (χ2n) is 5.26. The van der Waals surface area contributed by atoms with Crippen LogP contribution >= 0.6 is 11.3 Å².